The second-order valence-electron chi connectivity index (χ2n) is 4.76. The van der Waals surface area contributed by atoms with Gasteiger partial charge in [0.1, 0.15) is 4.64 Å². The molecule has 96 valence electrons. The Labute approximate surface area is 115 Å². The molecule has 3 rings (SSSR count). The molecule has 19 heavy (non-hydrogen) atoms. The normalized spacial score (nSPS) is 13.3. The van der Waals surface area contributed by atoms with Gasteiger partial charge in [0.2, 0.25) is 0 Å². The largest absolute Gasteiger partial charge is 0.478 e. The van der Waals surface area contributed by atoms with Crippen molar-refractivity contribution in [2.75, 3.05) is 0 Å². The van der Waals surface area contributed by atoms with Crippen LogP contribution < -0.4 is 0 Å². The van der Waals surface area contributed by atoms with Crippen molar-refractivity contribution in [1.82, 2.24) is 4.98 Å². The lowest BCUT2D eigenvalue weighted by Crippen LogP contribution is -1.99. The van der Waals surface area contributed by atoms with Crippen molar-refractivity contribution in [2.45, 2.75) is 19.3 Å². The van der Waals surface area contributed by atoms with Gasteiger partial charge in [-0.15, -0.1) is 0 Å². The first-order chi connectivity index (χ1) is 9.15. The maximum Gasteiger partial charge on any atom is 0.338 e. The molecule has 0 spiro atoms. The molecule has 1 aromatic heterocycles. The molecule has 0 fully saturated rings. The average Bonchev–Trinajstić information content (AvgIpc) is 2.85. The Morgan fingerprint density at radius 3 is 2.68 bits per heavy atom. The summed E-state index contributed by atoms with van der Waals surface area (Å²) in [5, 5.41) is 8.97. The lowest BCUT2D eigenvalue weighted by molar-refractivity contribution is 0.0696. The van der Waals surface area contributed by atoms with E-state index in [2.05, 4.69) is 23.2 Å². The van der Waals surface area contributed by atoms with Crippen molar-refractivity contribution in [3.63, 3.8) is 0 Å². The molecular weight excluding hydrogens is 258 g/mol. The molecule has 3 nitrogen and oxygen atoms in total. The highest BCUT2D eigenvalue weighted by atomic mass is 32.1. The first-order valence-corrected chi connectivity index (χ1v) is 6.65. The average molecular weight is 271 g/mol. The van der Waals surface area contributed by atoms with Crippen molar-refractivity contribution in [3.05, 3.63) is 51.7 Å². The highest BCUT2D eigenvalue weighted by Gasteiger charge is 2.12. The second-order valence-corrected chi connectivity index (χ2v) is 5.17. The summed E-state index contributed by atoms with van der Waals surface area (Å²) in [7, 11) is 0. The summed E-state index contributed by atoms with van der Waals surface area (Å²) in [5.74, 6) is -0.998. The molecule has 0 aliphatic heterocycles. The van der Waals surface area contributed by atoms with Gasteiger partial charge in [0, 0.05) is 5.69 Å². The van der Waals surface area contributed by atoms with E-state index in [1.807, 2.05) is 0 Å². The van der Waals surface area contributed by atoms with Crippen molar-refractivity contribution in [2.24, 2.45) is 0 Å². The van der Waals surface area contributed by atoms with E-state index in [1.54, 1.807) is 12.1 Å². The van der Waals surface area contributed by atoms with Crippen LogP contribution in [0.1, 0.15) is 27.9 Å². The molecule has 0 saturated carbocycles. The molecule has 0 saturated heterocycles. The third kappa shape index (κ3) is 2.19. The summed E-state index contributed by atoms with van der Waals surface area (Å²) in [6.45, 7) is 0. The third-order valence-corrected chi connectivity index (χ3v) is 3.87. The molecule has 0 amide bonds. The standard InChI is InChI=1S/C15H13NO2S/c17-15(18)12-6-7-13(16-14(12)19)11-5-4-9-2-1-3-10(9)8-11/h4-8H,1-3H2,(H,16,19)(H,17,18). The number of hydrogen-bond acceptors (Lipinski definition) is 2. The second kappa shape index (κ2) is 4.63. The fraction of sp³-hybridized carbons (Fsp3) is 0.200. The number of pyridine rings is 1. The molecule has 1 aromatic carbocycles. The molecule has 2 aromatic rings. The smallest absolute Gasteiger partial charge is 0.338 e. The van der Waals surface area contributed by atoms with Crippen LogP contribution in [0.2, 0.25) is 0 Å². The molecule has 2 N–H and O–H groups in total. The fourth-order valence-corrected chi connectivity index (χ4v) is 2.82. The maximum absolute atomic E-state index is 10.9. The summed E-state index contributed by atoms with van der Waals surface area (Å²) >= 11 is 5.08. The molecule has 4 heteroatoms. The maximum atomic E-state index is 10.9. The lowest BCUT2D eigenvalue weighted by atomic mass is 10.0. The van der Waals surface area contributed by atoms with E-state index in [4.69, 9.17) is 17.3 Å². The Balaban J connectivity index is 2.05. The molecule has 0 unspecified atom stereocenters. The number of carbonyl (C=O) groups is 1. The van der Waals surface area contributed by atoms with Gasteiger partial charge in [0.05, 0.1) is 5.56 Å². The van der Waals surface area contributed by atoms with Crippen LogP contribution in [-0.2, 0) is 12.8 Å². The Kier molecular flexibility index (Phi) is 2.95. The van der Waals surface area contributed by atoms with Crippen LogP contribution in [0.15, 0.2) is 30.3 Å². The van der Waals surface area contributed by atoms with Gasteiger partial charge in [-0.05, 0) is 54.2 Å². The zero-order chi connectivity index (χ0) is 13.4. The summed E-state index contributed by atoms with van der Waals surface area (Å²) in [6.07, 6.45) is 3.49. The van der Waals surface area contributed by atoms with Gasteiger partial charge in [0.15, 0.2) is 0 Å². The predicted octanol–water partition coefficient (Wildman–Crippen LogP) is 3.60. The van der Waals surface area contributed by atoms with E-state index in [0.717, 1.165) is 24.1 Å². The minimum absolute atomic E-state index is 0.139. The van der Waals surface area contributed by atoms with Gasteiger partial charge < -0.3 is 10.1 Å². The van der Waals surface area contributed by atoms with Crippen LogP contribution in [0.25, 0.3) is 11.3 Å². The number of benzene rings is 1. The predicted molar refractivity (Wildman–Crippen MR) is 76.0 cm³/mol. The van der Waals surface area contributed by atoms with Gasteiger partial charge in [-0.2, -0.15) is 0 Å². The highest BCUT2D eigenvalue weighted by Crippen LogP contribution is 2.27. The van der Waals surface area contributed by atoms with E-state index in [9.17, 15) is 4.79 Å². The molecule has 1 aliphatic rings. The topological polar surface area (TPSA) is 53.1 Å². The Bertz CT molecular complexity index is 718. The fourth-order valence-electron chi connectivity index (χ4n) is 2.55. The number of aryl methyl sites for hydroxylation is 2. The van der Waals surface area contributed by atoms with E-state index in [1.165, 1.54) is 17.5 Å². The summed E-state index contributed by atoms with van der Waals surface area (Å²) in [6, 6.07) is 9.72. The van der Waals surface area contributed by atoms with E-state index >= 15 is 0 Å². The first kappa shape index (κ1) is 12.1. The van der Waals surface area contributed by atoms with Crippen LogP contribution in [0.5, 0.6) is 0 Å². The number of H-pyrrole nitrogens is 1. The number of nitrogens with one attached hydrogen (secondary N) is 1. The summed E-state index contributed by atoms with van der Waals surface area (Å²) in [4.78, 5) is 13.9. The number of aromatic carboxylic acids is 1. The number of rotatable bonds is 2. The zero-order valence-corrected chi connectivity index (χ0v) is 11.1. The van der Waals surface area contributed by atoms with Crippen LogP contribution in [0.3, 0.4) is 0 Å². The van der Waals surface area contributed by atoms with Crippen LogP contribution >= 0.6 is 12.2 Å². The van der Waals surface area contributed by atoms with Crippen molar-refractivity contribution < 1.29 is 9.90 Å². The van der Waals surface area contributed by atoms with Crippen molar-refractivity contribution in [3.8, 4) is 11.3 Å². The molecule has 0 atom stereocenters. The minimum Gasteiger partial charge on any atom is -0.478 e. The van der Waals surface area contributed by atoms with Gasteiger partial charge >= 0.3 is 5.97 Å². The number of carboxylic acids is 1. The van der Waals surface area contributed by atoms with E-state index in [0.29, 0.717) is 0 Å². The zero-order valence-electron chi connectivity index (χ0n) is 10.3. The van der Waals surface area contributed by atoms with Gasteiger partial charge in [0.25, 0.3) is 0 Å². The Morgan fingerprint density at radius 2 is 1.95 bits per heavy atom. The third-order valence-electron chi connectivity index (χ3n) is 3.55. The highest BCUT2D eigenvalue weighted by molar-refractivity contribution is 7.71. The molecule has 0 radical (unpaired) electrons. The first-order valence-electron chi connectivity index (χ1n) is 6.24. The Hall–Kier alpha value is -1.94. The van der Waals surface area contributed by atoms with Crippen LogP contribution in [-0.4, -0.2) is 16.1 Å². The van der Waals surface area contributed by atoms with E-state index < -0.39 is 5.97 Å². The van der Waals surface area contributed by atoms with Crippen molar-refractivity contribution >= 4 is 18.2 Å². The lowest BCUT2D eigenvalue weighted by Gasteiger charge is -2.06. The molecule has 1 aliphatic carbocycles. The number of aromatic amines is 1. The Morgan fingerprint density at radius 1 is 1.16 bits per heavy atom. The van der Waals surface area contributed by atoms with Gasteiger partial charge in [-0.1, -0.05) is 24.4 Å². The van der Waals surface area contributed by atoms with Gasteiger partial charge in [-0.25, -0.2) is 4.79 Å². The monoisotopic (exact) mass is 271 g/mol. The number of carboxylic acid groups (broad SMARTS) is 1. The number of hydrogen-bond donors (Lipinski definition) is 2. The molecule has 1 heterocycles. The SMILES string of the molecule is O=C(O)c1ccc(-c2ccc3c(c2)CCC3)[nH]c1=S. The minimum atomic E-state index is -0.998. The molecule has 0 bridgehead atoms. The summed E-state index contributed by atoms with van der Waals surface area (Å²) in [5.41, 5.74) is 4.87. The molecular formula is C15H13NO2S. The van der Waals surface area contributed by atoms with E-state index in [-0.39, 0.29) is 10.2 Å². The van der Waals surface area contributed by atoms with Crippen LogP contribution in [0.4, 0.5) is 0 Å². The quantitative estimate of drug-likeness (QED) is 0.821. The number of aromatic nitrogens is 1. The van der Waals surface area contributed by atoms with Gasteiger partial charge in [-0.3, -0.25) is 0 Å². The summed E-state index contributed by atoms with van der Waals surface area (Å²) < 4.78 is 0.269. The number of fused-ring (bicyclic) bond motifs is 1. The van der Waals surface area contributed by atoms with Crippen molar-refractivity contribution in [1.29, 1.82) is 0 Å². The van der Waals surface area contributed by atoms with Crippen LogP contribution in [0, 0.1) is 4.64 Å².